The Labute approximate surface area is 447 Å². The molecule has 13 nitrogen and oxygen atoms in total. The molecule has 0 aromatic heterocycles. The third-order valence-corrected chi connectivity index (χ3v) is 13.8. The van der Waals surface area contributed by atoms with Crippen molar-refractivity contribution >= 4 is 35.8 Å². The van der Waals surface area contributed by atoms with Gasteiger partial charge in [-0.3, -0.25) is 28.9 Å². The first-order valence-corrected chi connectivity index (χ1v) is 30.4. The van der Waals surface area contributed by atoms with Crippen LogP contribution < -0.4 is 5.32 Å². The molecule has 73 heavy (non-hydrogen) atoms. The second-order valence-electron chi connectivity index (χ2n) is 21.1. The van der Waals surface area contributed by atoms with Gasteiger partial charge in [0.15, 0.2) is 0 Å². The predicted octanol–water partition coefficient (Wildman–Crippen LogP) is 14.9. The van der Waals surface area contributed by atoms with Gasteiger partial charge in [0.1, 0.15) is 12.2 Å². The number of carbonyl (C=O) groups is 6. The molecule has 1 N–H and O–H groups in total. The second-order valence-corrected chi connectivity index (χ2v) is 21.1. The van der Waals surface area contributed by atoms with Gasteiger partial charge in [0, 0.05) is 44.7 Å². The molecule has 0 aliphatic carbocycles. The van der Waals surface area contributed by atoms with Gasteiger partial charge in [-0.25, -0.2) is 4.79 Å². The number of rotatable bonds is 52. The van der Waals surface area contributed by atoms with Crippen LogP contribution >= 0.6 is 0 Å². The summed E-state index contributed by atoms with van der Waals surface area (Å²) in [7, 11) is 3.91. The lowest BCUT2D eigenvalue weighted by atomic mass is 10.0. The molecule has 0 aromatic rings. The van der Waals surface area contributed by atoms with E-state index in [1.807, 2.05) is 19.0 Å². The topological polar surface area (TPSA) is 158 Å². The van der Waals surface area contributed by atoms with Crippen molar-refractivity contribution in [2.75, 3.05) is 46.9 Å². The SMILES string of the molecule is CCCCCCCCC(CCCCCCCC)OC(=O)CCCCC(=O)OCCC(CCOC(=O)CCCCC(=O)OC(CCCCCCCC)CCCCCCCC)C(=O)N(CC)C(=O)NCCCN(C)C. The minimum Gasteiger partial charge on any atom is -0.466 e. The molecule has 0 fully saturated rings. The Morgan fingerprint density at radius 2 is 0.726 bits per heavy atom. The van der Waals surface area contributed by atoms with Gasteiger partial charge in [-0.05, 0) is 124 Å². The van der Waals surface area contributed by atoms with Gasteiger partial charge in [0.2, 0.25) is 5.91 Å². The smallest absolute Gasteiger partial charge is 0.324 e. The van der Waals surface area contributed by atoms with Crippen LogP contribution in [0.25, 0.3) is 0 Å². The van der Waals surface area contributed by atoms with E-state index >= 15 is 0 Å². The number of carbonyl (C=O) groups excluding carboxylic acids is 6. The summed E-state index contributed by atoms with van der Waals surface area (Å²) in [5.74, 6) is -2.42. The largest absolute Gasteiger partial charge is 0.466 e. The quantitative estimate of drug-likeness (QED) is 0.0351. The number of ether oxygens (including phenoxy) is 4. The van der Waals surface area contributed by atoms with Gasteiger partial charge in [0.25, 0.3) is 0 Å². The second kappa shape index (κ2) is 50.9. The van der Waals surface area contributed by atoms with Crippen LogP contribution in [0.4, 0.5) is 4.79 Å². The third kappa shape index (κ3) is 43.7. The maximum atomic E-state index is 13.8. The molecular formula is C60H113N3O10. The molecule has 0 aliphatic heterocycles. The molecule has 0 unspecified atom stereocenters. The van der Waals surface area contributed by atoms with Crippen LogP contribution in [-0.4, -0.2) is 105 Å². The molecule has 0 rings (SSSR count). The zero-order valence-corrected chi connectivity index (χ0v) is 48.3. The molecule has 0 aromatic carbocycles. The Balaban J connectivity index is 5.16. The van der Waals surface area contributed by atoms with Crippen LogP contribution in [0.1, 0.15) is 285 Å². The number of imide groups is 1. The molecule has 0 atom stereocenters. The Hall–Kier alpha value is -3.22. The normalized spacial score (nSPS) is 11.4. The fraction of sp³-hybridized carbons (Fsp3) is 0.900. The maximum Gasteiger partial charge on any atom is 0.324 e. The van der Waals surface area contributed by atoms with Crippen molar-refractivity contribution < 1.29 is 47.7 Å². The molecule has 0 bridgehead atoms. The van der Waals surface area contributed by atoms with Gasteiger partial charge < -0.3 is 29.2 Å². The number of hydrogen-bond donors (Lipinski definition) is 1. The summed E-state index contributed by atoms with van der Waals surface area (Å²) in [5.41, 5.74) is 0. The summed E-state index contributed by atoms with van der Waals surface area (Å²) in [6.07, 6.45) is 36.1. The highest BCUT2D eigenvalue weighted by molar-refractivity contribution is 5.95. The minimum atomic E-state index is -0.737. The summed E-state index contributed by atoms with van der Waals surface area (Å²) in [4.78, 5) is 81.6. The minimum absolute atomic E-state index is 0.0410. The van der Waals surface area contributed by atoms with Gasteiger partial charge >= 0.3 is 29.9 Å². The van der Waals surface area contributed by atoms with Crippen molar-refractivity contribution in [3.63, 3.8) is 0 Å². The average Bonchev–Trinajstić information content (AvgIpc) is 3.36. The van der Waals surface area contributed by atoms with Crippen LogP contribution in [0.2, 0.25) is 0 Å². The van der Waals surface area contributed by atoms with E-state index in [1.54, 1.807) is 6.92 Å². The highest BCUT2D eigenvalue weighted by Gasteiger charge is 2.28. The first-order chi connectivity index (χ1) is 35.4. The lowest BCUT2D eigenvalue weighted by Gasteiger charge is -2.25. The molecule has 0 heterocycles. The fourth-order valence-electron chi connectivity index (χ4n) is 9.17. The van der Waals surface area contributed by atoms with E-state index in [0.717, 1.165) is 64.3 Å². The van der Waals surface area contributed by atoms with Crippen molar-refractivity contribution in [1.82, 2.24) is 15.1 Å². The summed E-state index contributed by atoms with van der Waals surface area (Å²) in [6, 6.07) is -0.491. The number of hydrogen-bond acceptors (Lipinski definition) is 11. The van der Waals surface area contributed by atoms with Gasteiger partial charge in [-0.15, -0.1) is 0 Å². The zero-order chi connectivity index (χ0) is 54.0. The Morgan fingerprint density at radius 3 is 1.05 bits per heavy atom. The first kappa shape index (κ1) is 69.8. The fourth-order valence-corrected chi connectivity index (χ4v) is 9.17. The number of amides is 3. The van der Waals surface area contributed by atoms with E-state index in [0.29, 0.717) is 32.2 Å². The van der Waals surface area contributed by atoms with Crippen molar-refractivity contribution in [3.8, 4) is 0 Å². The van der Waals surface area contributed by atoms with Gasteiger partial charge in [-0.2, -0.15) is 0 Å². The molecule has 0 spiro atoms. The summed E-state index contributed by atoms with van der Waals surface area (Å²) in [5, 5.41) is 2.84. The summed E-state index contributed by atoms with van der Waals surface area (Å²) < 4.78 is 23.1. The molecule has 0 saturated heterocycles. The van der Waals surface area contributed by atoms with E-state index in [2.05, 4.69) is 33.0 Å². The Bertz CT molecular complexity index is 1250. The standard InChI is InChI=1S/C60H113N3O10/c1-8-13-17-21-25-29-38-53(39-30-26-22-18-14-9-2)72-57(66)44-35-33-42-55(64)70-50-46-52(59(68)63(12-5)60(69)61-48-37-49-62(6)7)47-51-71-56(65)43-34-36-45-58(67)73-54(40-31-27-23-19-15-10-3)41-32-28-24-20-16-11-4/h52-54H,8-51H2,1-7H3,(H,61,69). The number of nitrogens with one attached hydrogen (secondary N) is 1. The van der Waals surface area contributed by atoms with Crippen molar-refractivity contribution in [2.24, 2.45) is 5.92 Å². The molecule has 13 heteroatoms. The van der Waals surface area contributed by atoms with Crippen molar-refractivity contribution in [1.29, 1.82) is 0 Å². The van der Waals surface area contributed by atoms with E-state index in [4.69, 9.17) is 18.9 Å². The van der Waals surface area contributed by atoms with Crippen LogP contribution in [0.15, 0.2) is 0 Å². The number of nitrogens with zero attached hydrogens (tertiary/aromatic N) is 2. The van der Waals surface area contributed by atoms with Gasteiger partial charge in [0.05, 0.1) is 13.2 Å². The molecule has 0 saturated carbocycles. The molecule has 0 radical (unpaired) electrons. The maximum absolute atomic E-state index is 13.8. The van der Waals surface area contributed by atoms with E-state index in [-0.39, 0.29) is 82.4 Å². The van der Waals surface area contributed by atoms with Gasteiger partial charge in [-0.1, -0.05) is 156 Å². The highest BCUT2D eigenvalue weighted by atomic mass is 16.6. The zero-order valence-electron chi connectivity index (χ0n) is 48.3. The van der Waals surface area contributed by atoms with E-state index in [9.17, 15) is 28.8 Å². The summed E-state index contributed by atoms with van der Waals surface area (Å²) >= 11 is 0. The third-order valence-electron chi connectivity index (χ3n) is 13.8. The number of esters is 4. The van der Waals surface area contributed by atoms with Crippen LogP contribution in [-0.2, 0) is 42.9 Å². The van der Waals surface area contributed by atoms with E-state index < -0.39 is 29.8 Å². The number of urea groups is 1. The van der Waals surface area contributed by atoms with E-state index in [1.165, 1.54) is 133 Å². The Morgan fingerprint density at radius 1 is 0.397 bits per heavy atom. The first-order valence-electron chi connectivity index (χ1n) is 30.4. The molecular weight excluding hydrogens is 923 g/mol. The number of unbranched alkanes of at least 4 members (excludes halogenated alkanes) is 22. The van der Waals surface area contributed by atoms with Crippen LogP contribution in [0.3, 0.4) is 0 Å². The molecule has 3 amide bonds. The van der Waals surface area contributed by atoms with Crippen molar-refractivity contribution in [3.05, 3.63) is 0 Å². The molecule has 0 aliphatic rings. The average molecular weight is 1040 g/mol. The van der Waals surface area contributed by atoms with Crippen molar-refractivity contribution in [2.45, 2.75) is 297 Å². The Kier molecular flexibility index (Phi) is 48.7. The monoisotopic (exact) mass is 1040 g/mol. The van der Waals surface area contributed by atoms with Crippen LogP contribution in [0.5, 0.6) is 0 Å². The lowest BCUT2D eigenvalue weighted by molar-refractivity contribution is -0.151. The lowest BCUT2D eigenvalue weighted by Crippen LogP contribution is -2.47. The highest BCUT2D eigenvalue weighted by Crippen LogP contribution is 2.21. The molecule has 428 valence electrons. The van der Waals surface area contributed by atoms with Crippen LogP contribution in [0, 0.1) is 5.92 Å². The predicted molar refractivity (Wildman–Crippen MR) is 297 cm³/mol. The summed E-state index contributed by atoms with van der Waals surface area (Å²) in [6.45, 7) is 11.9.